The van der Waals surface area contributed by atoms with E-state index in [0.29, 0.717) is 6.04 Å². The van der Waals surface area contributed by atoms with E-state index in [0.717, 1.165) is 37.3 Å². The van der Waals surface area contributed by atoms with Gasteiger partial charge in [-0.15, -0.1) is 0 Å². The van der Waals surface area contributed by atoms with E-state index in [1.807, 2.05) is 7.05 Å². The quantitative estimate of drug-likeness (QED) is 0.805. The second-order valence-corrected chi connectivity index (χ2v) is 4.86. The highest BCUT2D eigenvalue weighted by atomic mass is 19.4. The number of anilines is 1. The summed E-state index contributed by atoms with van der Waals surface area (Å²) < 4.78 is 37.4. The molecule has 0 aliphatic carbocycles. The van der Waals surface area contributed by atoms with Crippen molar-refractivity contribution in [2.45, 2.75) is 18.6 Å². The second-order valence-electron chi connectivity index (χ2n) is 4.86. The van der Waals surface area contributed by atoms with Crippen molar-refractivity contribution < 1.29 is 13.2 Å². The summed E-state index contributed by atoms with van der Waals surface area (Å²) in [6, 6.07) is 5.75. The first-order chi connectivity index (χ1) is 8.38. The van der Waals surface area contributed by atoms with Crippen molar-refractivity contribution in [3.05, 3.63) is 29.8 Å². The maximum atomic E-state index is 12.5. The fraction of sp³-hybridized carbons (Fsp3) is 0.538. The summed E-state index contributed by atoms with van der Waals surface area (Å²) in [6.07, 6.45) is -3.21. The largest absolute Gasteiger partial charge is 0.416 e. The number of hydrogen-bond acceptors (Lipinski definition) is 2. The maximum Gasteiger partial charge on any atom is 0.416 e. The molecule has 1 aromatic rings. The van der Waals surface area contributed by atoms with Crippen molar-refractivity contribution in [3.8, 4) is 0 Å². The van der Waals surface area contributed by atoms with Crippen LogP contribution in [0.3, 0.4) is 0 Å². The molecule has 0 bridgehead atoms. The Bertz CT molecular complexity index is 400. The molecular formula is C13H17F3N2. The molecule has 100 valence electrons. The van der Waals surface area contributed by atoms with E-state index in [4.69, 9.17) is 0 Å². The molecule has 0 aromatic heterocycles. The van der Waals surface area contributed by atoms with E-state index < -0.39 is 11.7 Å². The van der Waals surface area contributed by atoms with Gasteiger partial charge in [-0.05, 0) is 44.3 Å². The second kappa shape index (κ2) is 4.80. The molecule has 2 rings (SSSR count). The summed E-state index contributed by atoms with van der Waals surface area (Å²) in [6.45, 7) is 1.99. The molecule has 0 spiro atoms. The van der Waals surface area contributed by atoms with Crippen LogP contribution in [0.2, 0.25) is 0 Å². The first-order valence-corrected chi connectivity index (χ1v) is 5.96. The van der Waals surface area contributed by atoms with Gasteiger partial charge >= 0.3 is 6.18 Å². The Balaban J connectivity index is 2.10. The number of alkyl halides is 3. The van der Waals surface area contributed by atoms with Crippen LogP contribution in [-0.2, 0) is 6.18 Å². The first kappa shape index (κ1) is 13.2. The fourth-order valence-corrected chi connectivity index (χ4v) is 2.32. The molecule has 1 aliphatic heterocycles. The zero-order valence-corrected chi connectivity index (χ0v) is 10.5. The molecule has 1 unspecified atom stereocenters. The van der Waals surface area contributed by atoms with Gasteiger partial charge in [-0.25, -0.2) is 0 Å². The van der Waals surface area contributed by atoms with Crippen LogP contribution in [0.5, 0.6) is 0 Å². The van der Waals surface area contributed by atoms with Crippen LogP contribution in [0.15, 0.2) is 24.3 Å². The SMILES string of the molecule is CN1CCC(N(C)c2ccc(C(F)(F)F)cc2)C1. The number of likely N-dealkylation sites (tertiary alicyclic amines) is 1. The van der Waals surface area contributed by atoms with Crippen LogP contribution in [0.25, 0.3) is 0 Å². The van der Waals surface area contributed by atoms with E-state index in [9.17, 15) is 13.2 Å². The lowest BCUT2D eigenvalue weighted by Crippen LogP contribution is -2.33. The highest BCUT2D eigenvalue weighted by Crippen LogP contribution is 2.31. The van der Waals surface area contributed by atoms with Crippen molar-refractivity contribution in [1.29, 1.82) is 0 Å². The number of likely N-dealkylation sites (N-methyl/N-ethyl adjacent to an activating group) is 2. The molecule has 1 atom stereocenters. The molecule has 1 aromatic carbocycles. The van der Waals surface area contributed by atoms with Crippen molar-refractivity contribution in [1.82, 2.24) is 4.90 Å². The molecule has 0 amide bonds. The standard InChI is InChI=1S/C13H17F3N2/c1-17-8-7-12(9-17)18(2)11-5-3-10(4-6-11)13(14,15)16/h3-6,12H,7-9H2,1-2H3. The number of rotatable bonds is 2. The van der Waals surface area contributed by atoms with Gasteiger partial charge in [-0.3, -0.25) is 0 Å². The lowest BCUT2D eigenvalue weighted by atomic mass is 10.1. The minimum atomic E-state index is -4.26. The predicted octanol–water partition coefficient (Wildman–Crippen LogP) is 2.85. The van der Waals surface area contributed by atoms with Gasteiger partial charge in [0.25, 0.3) is 0 Å². The molecule has 5 heteroatoms. The summed E-state index contributed by atoms with van der Waals surface area (Å²) in [5.41, 5.74) is 0.242. The van der Waals surface area contributed by atoms with E-state index in [1.165, 1.54) is 0 Å². The lowest BCUT2D eigenvalue weighted by Gasteiger charge is -2.26. The number of benzene rings is 1. The maximum absolute atomic E-state index is 12.5. The van der Waals surface area contributed by atoms with Crippen molar-refractivity contribution in [3.63, 3.8) is 0 Å². The molecule has 0 radical (unpaired) electrons. The molecule has 18 heavy (non-hydrogen) atoms. The monoisotopic (exact) mass is 258 g/mol. The van der Waals surface area contributed by atoms with Crippen molar-refractivity contribution in [2.24, 2.45) is 0 Å². The summed E-state index contributed by atoms with van der Waals surface area (Å²) in [7, 11) is 3.99. The molecule has 1 heterocycles. The van der Waals surface area contributed by atoms with E-state index in [2.05, 4.69) is 16.8 Å². The molecule has 1 saturated heterocycles. The number of hydrogen-bond donors (Lipinski definition) is 0. The Labute approximate surface area is 105 Å². The van der Waals surface area contributed by atoms with Gasteiger partial charge in [0, 0.05) is 25.3 Å². The molecule has 1 fully saturated rings. The molecule has 2 nitrogen and oxygen atoms in total. The van der Waals surface area contributed by atoms with Crippen LogP contribution in [0.4, 0.5) is 18.9 Å². The van der Waals surface area contributed by atoms with Gasteiger partial charge in [-0.2, -0.15) is 13.2 Å². The summed E-state index contributed by atoms with van der Waals surface area (Å²) in [5.74, 6) is 0. The van der Waals surface area contributed by atoms with Crippen molar-refractivity contribution >= 4 is 5.69 Å². The Morgan fingerprint density at radius 2 is 1.83 bits per heavy atom. The average Bonchev–Trinajstić information content (AvgIpc) is 2.74. The Kier molecular flexibility index (Phi) is 3.52. The molecule has 1 aliphatic rings. The third-order valence-corrected chi connectivity index (χ3v) is 3.52. The third kappa shape index (κ3) is 2.77. The van der Waals surface area contributed by atoms with Crippen LogP contribution in [-0.4, -0.2) is 38.1 Å². The Hall–Kier alpha value is -1.23. The third-order valence-electron chi connectivity index (χ3n) is 3.52. The van der Waals surface area contributed by atoms with Crippen molar-refractivity contribution in [2.75, 3.05) is 32.1 Å². The normalized spacial score (nSPS) is 21.3. The number of halogens is 3. The van der Waals surface area contributed by atoms with Gasteiger partial charge in [0.1, 0.15) is 0 Å². The molecular weight excluding hydrogens is 241 g/mol. The highest BCUT2D eigenvalue weighted by molar-refractivity contribution is 5.48. The van der Waals surface area contributed by atoms with Gasteiger partial charge in [0.15, 0.2) is 0 Å². The summed E-state index contributed by atoms with van der Waals surface area (Å²) >= 11 is 0. The van der Waals surface area contributed by atoms with Gasteiger partial charge in [0.05, 0.1) is 5.56 Å². The van der Waals surface area contributed by atoms with E-state index >= 15 is 0 Å². The van der Waals surface area contributed by atoms with E-state index in [1.54, 1.807) is 12.1 Å². The number of nitrogens with zero attached hydrogens (tertiary/aromatic N) is 2. The lowest BCUT2D eigenvalue weighted by molar-refractivity contribution is -0.137. The van der Waals surface area contributed by atoms with Gasteiger partial charge < -0.3 is 9.80 Å². The Morgan fingerprint density at radius 3 is 2.28 bits per heavy atom. The fourth-order valence-electron chi connectivity index (χ4n) is 2.32. The van der Waals surface area contributed by atoms with Crippen LogP contribution >= 0.6 is 0 Å². The minimum Gasteiger partial charge on any atom is -0.370 e. The average molecular weight is 258 g/mol. The minimum absolute atomic E-state index is 0.381. The topological polar surface area (TPSA) is 6.48 Å². The smallest absolute Gasteiger partial charge is 0.370 e. The van der Waals surface area contributed by atoms with Gasteiger partial charge in [-0.1, -0.05) is 0 Å². The molecule has 0 N–H and O–H groups in total. The summed E-state index contributed by atoms with van der Waals surface area (Å²) in [5, 5.41) is 0. The first-order valence-electron chi connectivity index (χ1n) is 5.96. The zero-order chi connectivity index (χ0) is 13.3. The van der Waals surface area contributed by atoms with Crippen LogP contribution < -0.4 is 4.90 Å². The zero-order valence-electron chi connectivity index (χ0n) is 10.5. The predicted molar refractivity (Wildman–Crippen MR) is 65.7 cm³/mol. The molecule has 0 saturated carbocycles. The highest BCUT2D eigenvalue weighted by Gasteiger charge is 2.30. The van der Waals surface area contributed by atoms with E-state index in [-0.39, 0.29) is 0 Å². The Morgan fingerprint density at radius 1 is 1.22 bits per heavy atom. The summed E-state index contributed by atoms with van der Waals surface area (Å²) in [4.78, 5) is 4.29. The van der Waals surface area contributed by atoms with Crippen LogP contribution in [0.1, 0.15) is 12.0 Å². The van der Waals surface area contributed by atoms with Gasteiger partial charge in [0.2, 0.25) is 0 Å². The van der Waals surface area contributed by atoms with Crippen LogP contribution in [0, 0.1) is 0 Å².